The molecule has 0 saturated heterocycles. The molecule has 0 radical (unpaired) electrons. The quantitative estimate of drug-likeness (QED) is 0.436. The Kier molecular flexibility index (Phi) is 13.8. The van der Waals surface area contributed by atoms with Crippen LogP contribution in [0.25, 0.3) is 0 Å². The van der Waals surface area contributed by atoms with Crippen molar-refractivity contribution < 1.29 is 34.8 Å². The first-order chi connectivity index (χ1) is 12.8. The second kappa shape index (κ2) is 15.0. The van der Waals surface area contributed by atoms with Gasteiger partial charge < -0.3 is 25.2 Å². The van der Waals surface area contributed by atoms with E-state index < -0.39 is 30.3 Å². The van der Waals surface area contributed by atoms with Crippen molar-refractivity contribution in [3.63, 3.8) is 0 Å². The average Bonchev–Trinajstić information content (AvgIpc) is 2.63. The van der Waals surface area contributed by atoms with Gasteiger partial charge in [-0.15, -0.1) is 0 Å². The van der Waals surface area contributed by atoms with Crippen molar-refractivity contribution in [2.24, 2.45) is 0 Å². The molecule has 0 aromatic heterocycles. The molecule has 4 N–H and O–H groups in total. The van der Waals surface area contributed by atoms with Crippen LogP contribution in [0.3, 0.4) is 0 Å². The van der Waals surface area contributed by atoms with E-state index in [0.29, 0.717) is 18.6 Å². The van der Waals surface area contributed by atoms with Crippen molar-refractivity contribution >= 4 is 11.9 Å². The van der Waals surface area contributed by atoms with Gasteiger partial charge in [0, 0.05) is 0 Å². The highest BCUT2D eigenvalue weighted by atomic mass is 16.5. The number of aliphatic hydroxyl groups excluding tert-OH is 2. The lowest BCUT2D eigenvalue weighted by molar-refractivity contribution is -0.150. The molecule has 1 rings (SSSR count). The van der Waals surface area contributed by atoms with Crippen LogP contribution < -0.4 is 4.74 Å². The van der Waals surface area contributed by atoms with Gasteiger partial charge in [0.1, 0.15) is 11.9 Å². The van der Waals surface area contributed by atoms with Crippen molar-refractivity contribution in [3.05, 3.63) is 30.3 Å². The summed E-state index contributed by atoms with van der Waals surface area (Å²) < 4.78 is 5.29. The summed E-state index contributed by atoms with van der Waals surface area (Å²) in [6.07, 6.45) is 1.65. The van der Waals surface area contributed by atoms with Crippen molar-refractivity contribution in [1.29, 1.82) is 0 Å². The third-order valence-corrected chi connectivity index (χ3v) is 3.75. The molecule has 154 valence electrons. The SMILES string of the molecule is CCCCC(O)C(Oc1ccccc1)C(=O)O.CCCCC(O)CC(=O)O. The first-order valence-corrected chi connectivity index (χ1v) is 9.34. The predicted molar refractivity (Wildman–Crippen MR) is 102 cm³/mol. The van der Waals surface area contributed by atoms with Gasteiger partial charge in [-0.05, 0) is 25.0 Å². The van der Waals surface area contributed by atoms with Crippen LogP contribution in [0.1, 0.15) is 58.8 Å². The number of unbranched alkanes of at least 4 members (excludes halogenated alkanes) is 2. The van der Waals surface area contributed by atoms with Crippen LogP contribution in [-0.2, 0) is 9.59 Å². The Morgan fingerprint density at radius 1 is 0.963 bits per heavy atom. The number of carbonyl (C=O) groups is 2. The highest BCUT2D eigenvalue weighted by Crippen LogP contribution is 2.15. The van der Waals surface area contributed by atoms with E-state index in [1.807, 2.05) is 19.9 Å². The number of rotatable bonds is 12. The number of carboxylic acid groups (broad SMARTS) is 2. The van der Waals surface area contributed by atoms with Crippen molar-refractivity contribution in [2.75, 3.05) is 0 Å². The Morgan fingerprint density at radius 2 is 1.52 bits per heavy atom. The Hall–Kier alpha value is -2.12. The molecule has 1 aromatic rings. The molecule has 7 heteroatoms. The lowest BCUT2D eigenvalue weighted by Gasteiger charge is -2.20. The number of aliphatic hydroxyl groups is 2. The van der Waals surface area contributed by atoms with Crippen molar-refractivity contribution in [3.8, 4) is 5.75 Å². The maximum absolute atomic E-state index is 11.0. The van der Waals surface area contributed by atoms with E-state index in [1.54, 1.807) is 24.3 Å². The molecule has 0 spiro atoms. The molecule has 7 nitrogen and oxygen atoms in total. The summed E-state index contributed by atoms with van der Waals surface area (Å²) in [7, 11) is 0. The minimum absolute atomic E-state index is 0.125. The summed E-state index contributed by atoms with van der Waals surface area (Å²) >= 11 is 0. The fraction of sp³-hybridized carbons (Fsp3) is 0.600. The van der Waals surface area contributed by atoms with Crippen molar-refractivity contribution in [1.82, 2.24) is 0 Å². The topological polar surface area (TPSA) is 124 Å². The van der Waals surface area contributed by atoms with Gasteiger partial charge in [0.15, 0.2) is 0 Å². The molecule has 0 saturated carbocycles. The van der Waals surface area contributed by atoms with Gasteiger partial charge in [-0.3, -0.25) is 4.79 Å². The van der Waals surface area contributed by atoms with Gasteiger partial charge in [-0.2, -0.15) is 0 Å². The van der Waals surface area contributed by atoms with E-state index in [4.69, 9.17) is 20.1 Å². The van der Waals surface area contributed by atoms with Crippen LogP contribution in [0.2, 0.25) is 0 Å². The van der Waals surface area contributed by atoms with Gasteiger partial charge in [-0.1, -0.05) is 57.7 Å². The molecule has 3 unspecified atom stereocenters. The third kappa shape index (κ3) is 12.8. The van der Waals surface area contributed by atoms with Crippen molar-refractivity contribution in [2.45, 2.75) is 77.1 Å². The zero-order chi connectivity index (χ0) is 20.7. The smallest absolute Gasteiger partial charge is 0.347 e. The molecule has 0 heterocycles. The van der Waals surface area contributed by atoms with Crippen LogP contribution in [0, 0.1) is 0 Å². The number of hydrogen-bond donors (Lipinski definition) is 4. The molecule has 0 aliphatic heterocycles. The first-order valence-electron chi connectivity index (χ1n) is 9.34. The van der Waals surface area contributed by atoms with E-state index in [0.717, 1.165) is 25.7 Å². The first kappa shape index (κ1) is 24.9. The number of hydrogen-bond acceptors (Lipinski definition) is 5. The zero-order valence-electron chi connectivity index (χ0n) is 16.1. The Labute approximate surface area is 160 Å². The summed E-state index contributed by atoms with van der Waals surface area (Å²) in [6.45, 7) is 3.99. The largest absolute Gasteiger partial charge is 0.481 e. The van der Waals surface area contributed by atoms with Crippen LogP contribution in [0.5, 0.6) is 5.75 Å². The normalized spacial score (nSPS) is 13.6. The fourth-order valence-electron chi connectivity index (χ4n) is 2.25. The minimum Gasteiger partial charge on any atom is -0.481 e. The van der Waals surface area contributed by atoms with E-state index in [2.05, 4.69) is 0 Å². The van der Waals surface area contributed by atoms with E-state index in [1.165, 1.54) is 0 Å². The van der Waals surface area contributed by atoms with E-state index in [-0.39, 0.29) is 6.42 Å². The number of carboxylic acids is 2. The van der Waals surface area contributed by atoms with E-state index in [9.17, 15) is 14.7 Å². The molecular formula is C20H32O7. The molecule has 27 heavy (non-hydrogen) atoms. The Balaban J connectivity index is 0.000000580. The molecule has 0 aliphatic rings. The van der Waals surface area contributed by atoms with Gasteiger partial charge >= 0.3 is 11.9 Å². The number of ether oxygens (including phenoxy) is 1. The van der Waals surface area contributed by atoms with Gasteiger partial charge in [0.05, 0.1) is 12.5 Å². The second-order valence-corrected chi connectivity index (χ2v) is 6.29. The lowest BCUT2D eigenvalue weighted by atomic mass is 10.1. The predicted octanol–water partition coefficient (Wildman–Crippen LogP) is 3.08. The summed E-state index contributed by atoms with van der Waals surface area (Å²) in [5.74, 6) is -1.61. The molecule has 0 fully saturated rings. The van der Waals surface area contributed by atoms with Crippen LogP contribution >= 0.6 is 0 Å². The zero-order valence-corrected chi connectivity index (χ0v) is 16.1. The monoisotopic (exact) mass is 384 g/mol. The number of aliphatic carboxylic acids is 2. The molecule has 1 aromatic carbocycles. The number of para-hydroxylation sites is 1. The third-order valence-electron chi connectivity index (χ3n) is 3.75. The average molecular weight is 384 g/mol. The highest BCUT2D eigenvalue weighted by Gasteiger charge is 2.28. The highest BCUT2D eigenvalue weighted by molar-refractivity contribution is 5.73. The van der Waals surface area contributed by atoms with Gasteiger partial charge in [0.25, 0.3) is 0 Å². The van der Waals surface area contributed by atoms with Gasteiger partial charge in [-0.25, -0.2) is 4.79 Å². The van der Waals surface area contributed by atoms with Crippen LogP contribution in [0.15, 0.2) is 30.3 Å². The molecule has 0 amide bonds. The molecule has 3 atom stereocenters. The summed E-state index contributed by atoms with van der Waals surface area (Å²) in [4.78, 5) is 21.0. The fourth-order valence-corrected chi connectivity index (χ4v) is 2.25. The van der Waals surface area contributed by atoms with E-state index >= 15 is 0 Å². The molecular weight excluding hydrogens is 352 g/mol. The molecule has 0 aliphatic carbocycles. The van der Waals surface area contributed by atoms with Crippen LogP contribution in [-0.4, -0.2) is 50.7 Å². The summed E-state index contributed by atoms with van der Waals surface area (Å²) in [5.41, 5.74) is 0. The Bertz CT molecular complexity index is 518. The second-order valence-electron chi connectivity index (χ2n) is 6.29. The standard InChI is InChI=1S/C13H18O4.C7H14O3/c1-2-3-9-11(14)12(13(15)16)17-10-7-5-4-6-8-10;1-2-3-4-6(8)5-7(9)10/h4-8,11-12,14H,2-3,9H2,1H3,(H,15,16);6,8H,2-5H2,1H3,(H,9,10). The maximum atomic E-state index is 11.0. The Morgan fingerprint density at radius 3 is 2.00 bits per heavy atom. The number of benzene rings is 1. The van der Waals surface area contributed by atoms with Crippen LogP contribution in [0.4, 0.5) is 0 Å². The maximum Gasteiger partial charge on any atom is 0.347 e. The summed E-state index contributed by atoms with van der Waals surface area (Å²) in [5, 5.41) is 36.0. The lowest BCUT2D eigenvalue weighted by Crippen LogP contribution is -2.39. The summed E-state index contributed by atoms with van der Waals surface area (Å²) in [6, 6.07) is 8.67. The molecule has 0 bridgehead atoms. The minimum atomic E-state index is -1.20. The van der Waals surface area contributed by atoms with Gasteiger partial charge in [0.2, 0.25) is 6.10 Å².